The quantitative estimate of drug-likeness (QED) is 0.734. The zero-order chi connectivity index (χ0) is 17.5. The first-order valence-corrected chi connectivity index (χ1v) is 8.79. The number of hydrogen-bond donors (Lipinski definition) is 1. The Hall–Kier alpha value is -1.93. The number of carbonyl (C=O) groups is 1. The topological polar surface area (TPSA) is 81.9 Å². The van der Waals surface area contributed by atoms with Crippen LogP contribution in [0.5, 0.6) is 0 Å². The molecule has 0 bridgehead atoms. The van der Waals surface area contributed by atoms with E-state index in [0.717, 1.165) is 5.69 Å². The Morgan fingerprint density at radius 1 is 1.29 bits per heavy atom. The van der Waals surface area contributed by atoms with Crippen molar-refractivity contribution in [2.45, 2.75) is 37.9 Å². The number of nitrogens with one attached hydrogen (secondary N) is 1. The molecule has 24 heavy (non-hydrogen) atoms. The van der Waals surface area contributed by atoms with Gasteiger partial charge < -0.3 is 10.1 Å². The largest absolute Gasteiger partial charge is 0.383 e. The van der Waals surface area contributed by atoms with Gasteiger partial charge in [0, 0.05) is 13.2 Å². The molecule has 0 spiro atoms. The molecule has 0 saturated carbocycles. The van der Waals surface area contributed by atoms with Gasteiger partial charge in [-0.3, -0.25) is 4.79 Å². The lowest BCUT2D eigenvalue weighted by molar-refractivity contribution is -0.119. The number of amides is 1. The number of ether oxygens (including phenoxy) is 1. The summed E-state index contributed by atoms with van der Waals surface area (Å²) in [7, 11) is 1.61. The predicted molar refractivity (Wildman–Crippen MR) is 93.4 cm³/mol. The minimum absolute atomic E-state index is 0.0253. The number of hydrogen-bond acceptors (Lipinski definition) is 6. The molecule has 0 aliphatic rings. The second-order valence-electron chi connectivity index (χ2n) is 5.83. The lowest BCUT2D eigenvalue weighted by Gasteiger charge is -2.12. The van der Waals surface area contributed by atoms with E-state index in [4.69, 9.17) is 4.74 Å². The normalized spacial score (nSPS) is 12.4. The van der Waals surface area contributed by atoms with Crippen LogP contribution in [-0.4, -0.2) is 51.6 Å². The van der Waals surface area contributed by atoms with Crippen molar-refractivity contribution in [1.82, 2.24) is 25.5 Å². The standard InChI is InChI=1S/C16H23N5O2S/c1-11(2)13-5-7-14(8-6-13)21-16(18-19-20-21)24-10-15(22)17-12(3)9-23-4/h5-8,11-12H,9-10H2,1-4H3,(H,17,22)/t12-/m1/s1. The van der Waals surface area contributed by atoms with Crippen LogP contribution in [0.2, 0.25) is 0 Å². The molecule has 0 aliphatic heterocycles. The molecule has 1 aromatic carbocycles. The van der Waals surface area contributed by atoms with Gasteiger partial charge in [-0.15, -0.1) is 5.10 Å². The van der Waals surface area contributed by atoms with Crippen LogP contribution < -0.4 is 5.32 Å². The predicted octanol–water partition coefficient (Wildman–Crippen LogP) is 2.03. The number of tetrazole rings is 1. The van der Waals surface area contributed by atoms with Crippen molar-refractivity contribution >= 4 is 17.7 Å². The first-order valence-electron chi connectivity index (χ1n) is 7.81. The highest BCUT2D eigenvalue weighted by atomic mass is 32.2. The summed E-state index contributed by atoms with van der Waals surface area (Å²) >= 11 is 1.30. The first kappa shape index (κ1) is 18.4. The van der Waals surface area contributed by atoms with E-state index in [1.807, 2.05) is 19.1 Å². The average Bonchev–Trinajstić information content (AvgIpc) is 3.01. The molecular formula is C16H23N5O2S. The van der Waals surface area contributed by atoms with Gasteiger partial charge in [0.1, 0.15) is 0 Å². The van der Waals surface area contributed by atoms with Gasteiger partial charge in [-0.1, -0.05) is 37.7 Å². The molecule has 0 radical (unpaired) electrons. The molecule has 0 saturated heterocycles. The number of methoxy groups -OCH3 is 1. The highest BCUT2D eigenvalue weighted by Crippen LogP contribution is 2.20. The Morgan fingerprint density at radius 2 is 2.00 bits per heavy atom. The van der Waals surface area contributed by atoms with Gasteiger partial charge in [-0.2, -0.15) is 4.68 Å². The monoisotopic (exact) mass is 349 g/mol. The zero-order valence-corrected chi connectivity index (χ0v) is 15.2. The Morgan fingerprint density at radius 3 is 2.62 bits per heavy atom. The fourth-order valence-electron chi connectivity index (χ4n) is 2.17. The van der Waals surface area contributed by atoms with Gasteiger partial charge in [0.2, 0.25) is 11.1 Å². The molecule has 0 unspecified atom stereocenters. The third-order valence-electron chi connectivity index (χ3n) is 3.40. The Balaban J connectivity index is 1.99. The minimum atomic E-state index is -0.0748. The molecule has 0 fully saturated rings. The van der Waals surface area contributed by atoms with Gasteiger partial charge in [-0.05, 0) is 41.0 Å². The molecule has 7 nitrogen and oxygen atoms in total. The maximum absolute atomic E-state index is 11.9. The molecular weight excluding hydrogens is 326 g/mol. The molecule has 1 amide bonds. The summed E-state index contributed by atoms with van der Waals surface area (Å²) < 4.78 is 6.64. The van der Waals surface area contributed by atoms with Crippen LogP contribution in [0, 0.1) is 0 Å². The van der Waals surface area contributed by atoms with Crippen LogP contribution in [0.3, 0.4) is 0 Å². The molecule has 1 aromatic heterocycles. The fourth-order valence-corrected chi connectivity index (χ4v) is 2.87. The summed E-state index contributed by atoms with van der Waals surface area (Å²) in [6.45, 7) is 6.68. The van der Waals surface area contributed by atoms with Crippen molar-refractivity contribution in [3.8, 4) is 5.69 Å². The van der Waals surface area contributed by atoms with Crippen LogP contribution in [0.15, 0.2) is 29.4 Å². The SMILES string of the molecule is COC[C@@H](C)NC(=O)CSc1nnnn1-c1ccc(C(C)C)cc1. The van der Waals surface area contributed by atoms with Crippen molar-refractivity contribution in [1.29, 1.82) is 0 Å². The van der Waals surface area contributed by atoms with Gasteiger partial charge >= 0.3 is 0 Å². The van der Waals surface area contributed by atoms with Crippen molar-refractivity contribution in [3.63, 3.8) is 0 Å². The van der Waals surface area contributed by atoms with Gasteiger partial charge in [0.15, 0.2) is 0 Å². The number of rotatable bonds is 8. The van der Waals surface area contributed by atoms with E-state index in [-0.39, 0.29) is 17.7 Å². The zero-order valence-electron chi connectivity index (χ0n) is 14.4. The smallest absolute Gasteiger partial charge is 0.230 e. The number of thioether (sulfide) groups is 1. The molecule has 1 heterocycles. The summed E-state index contributed by atoms with van der Waals surface area (Å²) in [5.74, 6) is 0.646. The van der Waals surface area contributed by atoms with Crippen molar-refractivity contribution in [2.24, 2.45) is 0 Å². The molecule has 0 aliphatic carbocycles. The van der Waals surface area contributed by atoms with Crippen LogP contribution in [0.4, 0.5) is 0 Å². The van der Waals surface area contributed by atoms with E-state index in [2.05, 4.69) is 46.8 Å². The number of carbonyl (C=O) groups excluding carboxylic acids is 1. The van der Waals surface area contributed by atoms with E-state index >= 15 is 0 Å². The highest BCUT2D eigenvalue weighted by Gasteiger charge is 2.13. The number of benzene rings is 1. The maximum Gasteiger partial charge on any atom is 0.230 e. The van der Waals surface area contributed by atoms with E-state index in [1.54, 1.807) is 11.8 Å². The molecule has 8 heteroatoms. The van der Waals surface area contributed by atoms with Crippen LogP contribution in [0.25, 0.3) is 5.69 Å². The summed E-state index contributed by atoms with van der Waals surface area (Å²) in [4.78, 5) is 11.9. The van der Waals surface area contributed by atoms with E-state index in [0.29, 0.717) is 17.7 Å². The van der Waals surface area contributed by atoms with E-state index in [1.165, 1.54) is 17.3 Å². The van der Waals surface area contributed by atoms with Crippen molar-refractivity contribution < 1.29 is 9.53 Å². The summed E-state index contributed by atoms with van der Waals surface area (Å²) in [6.07, 6.45) is 0. The van der Waals surface area contributed by atoms with Crippen LogP contribution >= 0.6 is 11.8 Å². The third-order valence-corrected chi connectivity index (χ3v) is 4.32. The third kappa shape index (κ3) is 5.04. The summed E-state index contributed by atoms with van der Waals surface area (Å²) in [5.41, 5.74) is 2.13. The lowest BCUT2D eigenvalue weighted by atomic mass is 10.0. The number of aromatic nitrogens is 4. The van der Waals surface area contributed by atoms with E-state index < -0.39 is 0 Å². The molecule has 130 valence electrons. The van der Waals surface area contributed by atoms with Crippen LogP contribution in [-0.2, 0) is 9.53 Å². The molecule has 2 rings (SSSR count). The molecule has 1 N–H and O–H groups in total. The van der Waals surface area contributed by atoms with Gasteiger partial charge in [0.25, 0.3) is 0 Å². The second-order valence-corrected chi connectivity index (χ2v) is 6.77. The number of nitrogens with zero attached hydrogens (tertiary/aromatic N) is 4. The fraction of sp³-hybridized carbons (Fsp3) is 0.500. The first-order chi connectivity index (χ1) is 11.5. The van der Waals surface area contributed by atoms with E-state index in [9.17, 15) is 4.79 Å². The van der Waals surface area contributed by atoms with Crippen molar-refractivity contribution in [2.75, 3.05) is 19.5 Å². The lowest BCUT2D eigenvalue weighted by Crippen LogP contribution is -2.36. The highest BCUT2D eigenvalue weighted by molar-refractivity contribution is 7.99. The second kappa shape index (κ2) is 8.79. The maximum atomic E-state index is 11.9. The Bertz CT molecular complexity index is 657. The Kier molecular flexibility index (Phi) is 6.74. The average molecular weight is 349 g/mol. The van der Waals surface area contributed by atoms with Gasteiger partial charge in [0.05, 0.1) is 18.0 Å². The van der Waals surface area contributed by atoms with Crippen molar-refractivity contribution in [3.05, 3.63) is 29.8 Å². The van der Waals surface area contributed by atoms with Crippen LogP contribution in [0.1, 0.15) is 32.3 Å². The summed E-state index contributed by atoms with van der Waals surface area (Å²) in [5, 5.41) is 15.2. The minimum Gasteiger partial charge on any atom is -0.383 e. The van der Waals surface area contributed by atoms with Gasteiger partial charge in [-0.25, -0.2) is 0 Å². The summed E-state index contributed by atoms with van der Waals surface area (Å²) in [6, 6.07) is 8.07. The molecule has 1 atom stereocenters. The molecule has 2 aromatic rings. The Labute approximate surface area is 146 Å².